The summed E-state index contributed by atoms with van der Waals surface area (Å²) < 4.78 is 32.8. The van der Waals surface area contributed by atoms with Gasteiger partial charge >= 0.3 is 0 Å². The molecule has 130 valence electrons. The van der Waals surface area contributed by atoms with Crippen LogP contribution in [0.1, 0.15) is 12.8 Å². The number of likely N-dealkylation sites (N-methyl/N-ethyl adjacent to an activating group) is 1. The highest BCUT2D eigenvalue weighted by Crippen LogP contribution is 2.28. The SMILES string of the molecule is CN=C(NCCOCCS(C)(=O)=O)N(C)CCOCC1CC1. The lowest BCUT2D eigenvalue weighted by molar-refractivity contribution is 0.114. The second kappa shape index (κ2) is 10.0. The van der Waals surface area contributed by atoms with E-state index in [9.17, 15) is 8.42 Å². The third-order valence-corrected chi connectivity index (χ3v) is 4.23. The monoisotopic (exact) mass is 335 g/mol. The summed E-state index contributed by atoms with van der Waals surface area (Å²) in [5.41, 5.74) is 0. The van der Waals surface area contributed by atoms with Crippen LogP contribution < -0.4 is 5.32 Å². The maximum atomic E-state index is 10.9. The molecule has 8 heteroatoms. The van der Waals surface area contributed by atoms with Gasteiger partial charge in [-0.15, -0.1) is 0 Å². The molecule has 0 radical (unpaired) electrons. The smallest absolute Gasteiger partial charge is 0.193 e. The second-order valence-electron chi connectivity index (χ2n) is 5.66. The van der Waals surface area contributed by atoms with Gasteiger partial charge < -0.3 is 19.7 Å². The Hall–Kier alpha value is -0.860. The van der Waals surface area contributed by atoms with Gasteiger partial charge in [-0.2, -0.15) is 0 Å². The fraction of sp³-hybridized carbons (Fsp3) is 0.929. The van der Waals surface area contributed by atoms with Crippen molar-refractivity contribution in [3.63, 3.8) is 0 Å². The van der Waals surface area contributed by atoms with Crippen molar-refractivity contribution in [1.29, 1.82) is 0 Å². The molecule has 0 spiro atoms. The van der Waals surface area contributed by atoms with Crippen LogP contribution >= 0.6 is 0 Å². The van der Waals surface area contributed by atoms with Crippen molar-refractivity contribution >= 4 is 15.8 Å². The average Bonchev–Trinajstić information content (AvgIpc) is 3.25. The lowest BCUT2D eigenvalue weighted by atomic mass is 10.5. The molecular formula is C14H29N3O4S. The Kier molecular flexibility index (Phi) is 8.74. The topological polar surface area (TPSA) is 80.2 Å². The van der Waals surface area contributed by atoms with E-state index in [-0.39, 0.29) is 12.4 Å². The molecular weight excluding hydrogens is 306 g/mol. The maximum absolute atomic E-state index is 10.9. The molecule has 1 aliphatic rings. The summed E-state index contributed by atoms with van der Waals surface area (Å²) >= 11 is 0. The highest BCUT2D eigenvalue weighted by atomic mass is 32.2. The summed E-state index contributed by atoms with van der Waals surface area (Å²) in [6.45, 7) is 3.60. The van der Waals surface area contributed by atoms with E-state index in [1.807, 2.05) is 11.9 Å². The van der Waals surface area contributed by atoms with Crippen molar-refractivity contribution in [1.82, 2.24) is 10.2 Å². The third-order valence-electron chi connectivity index (χ3n) is 3.32. The molecule has 0 heterocycles. The minimum atomic E-state index is -2.95. The minimum Gasteiger partial charge on any atom is -0.379 e. The van der Waals surface area contributed by atoms with Crippen LogP contribution in [0.15, 0.2) is 4.99 Å². The summed E-state index contributed by atoms with van der Waals surface area (Å²) in [4.78, 5) is 6.20. The summed E-state index contributed by atoms with van der Waals surface area (Å²) in [5, 5.41) is 3.17. The molecule has 1 fully saturated rings. The largest absolute Gasteiger partial charge is 0.379 e. The molecule has 1 saturated carbocycles. The molecule has 22 heavy (non-hydrogen) atoms. The molecule has 0 atom stereocenters. The van der Waals surface area contributed by atoms with Gasteiger partial charge in [0.2, 0.25) is 0 Å². The number of aliphatic imine (C=N–C) groups is 1. The Balaban J connectivity index is 2.04. The number of nitrogens with one attached hydrogen (secondary N) is 1. The van der Waals surface area contributed by atoms with E-state index in [0.717, 1.165) is 25.0 Å². The van der Waals surface area contributed by atoms with E-state index in [1.54, 1.807) is 7.05 Å². The van der Waals surface area contributed by atoms with Gasteiger partial charge in [-0.3, -0.25) is 4.99 Å². The van der Waals surface area contributed by atoms with Crippen LogP contribution in [-0.2, 0) is 19.3 Å². The van der Waals surface area contributed by atoms with Crippen LogP contribution in [0.4, 0.5) is 0 Å². The summed E-state index contributed by atoms with van der Waals surface area (Å²) in [5.74, 6) is 1.62. The van der Waals surface area contributed by atoms with E-state index in [4.69, 9.17) is 9.47 Å². The lowest BCUT2D eigenvalue weighted by Gasteiger charge is -2.22. The van der Waals surface area contributed by atoms with Crippen molar-refractivity contribution in [2.24, 2.45) is 10.9 Å². The van der Waals surface area contributed by atoms with Crippen LogP contribution in [0.3, 0.4) is 0 Å². The molecule has 1 rings (SSSR count). The Labute approximate surface area is 134 Å². The predicted octanol–water partition coefficient (Wildman–Crippen LogP) is -0.0186. The Morgan fingerprint density at radius 2 is 2.00 bits per heavy atom. The number of guanidine groups is 1. The summed E-state index contributed by atoms with van der Waals surface area (Å²) in [6.07, 6.45) is 3.81. The maximum Gasteiger partial charge on any atom is 0.193 e. The van der Waals surface area contributed by atoms with Crippen LogP contribution in [0.2, 0.25) is 0 Å². The average molecular weight is 335 g/mol. The van der Waals surface area contributed by atoms with Gasteiger partial charge in [0.1, 0.15) is 9.84 Å². The van der Waals surface area contributed by atoms with Crippen molar-refractivity contribution < 1.29 is 17.9 Å². The Morgan fingerprint density at radius 3 is 2.59 bits per heavy atom. The zero-order chi connectivity index (χ0) is 16.4. The van der Waals surface area contributed by atoms with E-state index >= 15 is 0 Å². The van der Waals surface area contributed by atoms with Crippen molar-refractivity contribution in [2.75, 3.05) is 65.6 Å². The molecule has 0 saturated heterocycles. The fourth-order valence-electron chi connectivity index (χ4n) is 1.77. The lowest BCUT2D eigenvalue weighted by Crippen LogP contribution is -2.41. The quantitative estimate of drug-likeness (QED) is 0.325. The highest BCUT2D eigenvalue weighted by Gasteiger charge is 2.21. The normalized spacial score (nSPS) is 15.9. The summed E-state index contributed by atoms with van der Waals surface area (Å²) in [6, 6.07) is 0. The van der Waals surface area contributed by atoms with E-state index in [1.165, 1.54) is 19.1 Å². The number of sulfone groups is 1. The third kappa shape index (κ3) is 9.97. The molecule has 1 N–H and O–H groups in total. The molecule has 0 amide bonds. The van der Waals surface area contributed by atoms with Crippen LogP contribution in [0.25, 0.3) is 0 Å². The van der Waals surface area contributed by atoms with Gasteiger partial charge in [0.15, 0.2) is 5.96 Å². The standard InChI is InChI=1S/C14H29N3O4S/c1-15-14(16-6-8-20-10-11-22(3,18)19)17(2)7-9-21-12-13-4-5-13/h13H,4-12H2,1-3H3,(H,15,16). The first-order valence-corrected chi connectivity index (χ1v) is 9.73. The first-order valence-electron chi connectivity index (χ1n) is 7.67. The molecule has 1 aliphatic carbocycles. The highest BCUT2D eigenvalue weighted by molar-refractivity contribution is 7.90. The molecule has 0 unspecified atom stereocenters. The van der Waals surface area contributed by atoms with Gasteiger partial charge in [0.25, 0.3) is 0 Å². The first-order chi connectivity index (χ1) is 10.4. The van der Waals surface area contributed by atoms with E-state index < -0.39 is 9.84 Å². The number of rotatable bonds is 11. The minimum absolute atomic E-state index is 0.0555. The molecule has 0 bridgehead atoms. The first kappa shape index (κ1) is 19.2. The zero-order valence-electron chi connectivity index (χ0n) is 13.9. The van der Waals surface area contributed by atoms with Gasteiger partial charge in [-0.05, 0) is 18.8 Å². The van der Waals surface area contributed by atoms with Crippen LogP contribution in [0, 0.1) is 5.92 Å². The predicted molar refractivity (Wildman–Crippen MR) is 88.1 cm³/mol. The number of nitrogens with zero attached hydrogens (tertiary/aromatic N) is 2. The van der Waals surface area contributed by atoms with Crippen LogP contribution in [-0.4, -0.2) is 84.9 Å². The van der Waals surface area contributed by atoms with E-state index in [0.29, 0.717) is 19.8 Å². The Morgan fingerprint density at radius 1 is 1.27 bits per heavy atom. The van der Waals surface area contributed by atoms with E-state index in [2.05, 4.69) is 10.3 Å². The van der Waals surface area contributed by atoms with Gasteiger partial charge in [0, 0.05) is 40.0 Å². The number of ether oxygens (including phenoxy) is 2. The molecule has 0 aromatic heterocycles. The molecule has 0 aromatic rings. The molecule has 7 nitrogen and oxygen atoms in total. The zero-order valence-corrected chi connectivity index (χ0v) is 14.7. The second-order valence-corrected chi connectivity index (χ2v) is 7.92. The van der Waals surface area contributed by atoms with Crippen molar-refractivity contribution in [2.45, 2.75) is 12.8 Å². The van der Waals surface area contributed by atoms with Gasteiger partial charge in [-0.25, -0.2) is 8.42 Å². The van der Waals surface area contributed by atoms with Crippen molar-refractivity contribution in [3.8, 4) is 0 Å². The molecule has 0 aliphatic heterocycles. The van der Waals surface area contributed by atoms with Crippen LogP contribution in [0.5, 0.6) is 0 Å². The number of hydrogen-bond donors (Lipinski definition) is 1. The summed E-state index contributed by atoms with van der Waals surface area (Å²) in [7, 11) is 0.738. The van der Waals surface area contributed by atoms with Gasteiger partial charge in [0.05, 0.1) is 25.6 Å². The Bertz CT molecular complexity index is 435. The fourth-order valence-corrected chi connectivity index (χ4v) is 2.19. The van der Waals surface area contributed by atoms with Gasteiger partial charge in [-0.1, -0.05) is 0 Å². The number of hydrogen-bond acceptors (Lipinski definition) is 5. The molecule has 0 aromatic carbocycles. The van der Waals surface area contributed by atoms with Crippen molar-refractivity contribution in [3.05, 3.63) is 0 Å².